The summed E-state index contributed by atoms with van der Waals surface area (Å²) in [7, 11) is 0. The first-order valence-corrected chi connectivity index (χ1v) is 9.36. The number of aromatic nitrogens is 1. The van der Waals surface area contributed by atoms with E-state index in [-0.39, 0.29) is 17.8 Å². The Labute approximate surface area is 151 Å². The molecular weight excluding hydrogens is 336 g/mol. The lowest BCUT2D eigenvalue weighted by Gasteiger charge is -2.32. The predicted molar refractivity (Wildman–Crippen MR) is 96.7 cm³/mol. The fourth-order valence-corrected chi connectivity index (χ4v) is 3.72. The van der Waals surface area contributed by atoms with Crippen LogP contribution in [0.1, 0.15) is 40.6 Å². The number of hydrogen-bond donors (Lipinski definition) is 0. The standard InChI is InChI=1S/C19H22N2O3S/c1-14(22)18-9-16(13-25-18)10-19(23)21-7-4-17(5-8-21)24-12-15-3-2-6-20-11-15/h2-3,6,9,11,13,17H,4-5,7-8,10,12H2,1H3. The van der Waals surface area contributed by atoms with Crippen LogP contribution in [0.2, 0.25) is 0 Å². The smallest absolute Gasteiger partial charge is 0.227 e. The van der Waals surface area contributed by atoms with Crippen LogP contribution < -0.4 is 0 Å². The third-order valence-corrected chi connectivity index (χ3v) is 5.44. The van der Waals surface area contributed by atoms with Crippen molar-refractivity contribution in [3.8, 4) is 0 Å². The van der Waals surface area contributed by atoms with Gasteiger partial charge in [0.1, 0.15) is 0 Å². The van der Waals surface area contributed by atoms with E-state index in [4.69, 9.17) is 4.74 Å². The second-order valence-electron chi connectivity index (χ2n) is 6.30. The lowest BCUT2D eigenvalue weighted by Crippen LogP contribution is -2.41. The van der Waals surface area contributed by atoms with Gasteiger partial charge in [-0.1, -0.05) is 6.07 Å². The van der Waals surface area contributed by atoms with E-state index in [1.165, 1.54) is 11.3 Å². The lowest BCUT2D eigenvalue weighted by atomic mass is 10.1. The maximum absolute atomic E-state index is 12.4. The zero-order valence-electron chi connectivity index (χ0n) is 14.3. The highest BCUT2D eigenvalue weighted by atomic mass is 32.1. The first-order chi connectivity index (χ1) is 12.1. The van der Waals surface area contributed by atoms with Crippen LogP contribution >= 0.6 is 11.3 Å². The Morgan fingerprint density at radius 3 is 2.76 bits per heavy atom. The molecule has 0 aromatic carbocycles. The number of piperidine rings is 1. The molecule has 0 bridgehead atoms. The van der Waals surface area contributed by atoms with Gasteiger partial charge in [0.2, 0.25) is 5.91 Å². The van der Waals surface area contributed by atoms with Crippen molar-refractivity contribution in [1.29, 1.82) is 0 Å². The average molecular weight is 358 g/mol. The number of carbonyl (C=O) groups excluding carboxylic acids is 2. The molecule has 1 saturated heterocycles. The van der Waals surface area contributed by atoms with E-state index in [1.807, 2.05) is 34.7 Å². The van der Waals surface area contributed by atoms with E-state index in [1.54, 1.807) is 13.1 Å². The zero-order chi connectivity index (χ0) is 17.6. The number of likely N-dealkylation sites (tertiary alicyclic amines) is 1. The molecule has 1 fully saturated rings. The van der Waals surface area contributed by atoms with Gasteiger partial charge in [-0.2, -0.15) is 0 Å². The van der Waals surface area contributed by atoms with Crippen molar-refractivity contribution in [2.75, 3.05) is 13.1 Å². The van der Waals surface area contributed by atoms with Gasteiger partial charge in [-0.05, 0) is 48.4 Å². The third-order valence-electron chi connectivity index (χ3n) is 4.36. The second kappa shape index (κ2) is 8.36. The van der Waals surface area contributed by atoms with Crippen LogP contribution in [0.15, 0.2) is 36.0 Å². The number of ketones is 1. The molecule has 132 valence electrons. The fraction of sp³-hybridized carbons (Fsp3) is 0.421. The summed E-state index contributed by atoms with van der Waals surface area (Å²) in [5.74, 6) is 0.175. The maximum Gasteiger partial charge on any atom is 0.227 e. The number of Topliss-reactive ketones (excluding diaryl/α,β-unsaturated/α-hetero) is 1. The van der Waals surface area contributed by atoms with Crippen molar-refractivity contribution in [2.24, 2.45) is 0 Å². The fourth-order valence-electron chi connectivity index (χ4n) is 2.91. The van der Waals surface area contributed by atoms with Crippen LogP contribution in [-0.4, -0.2) is 40.8 Å². The van der Waals surface area contributed by atoms with Gasteiger partial charge in [0.15, 0.2) is 5.78 Å². The first kappa shape index (κ1) is 17.8. The van der Waals surface area contributed by atoms with Gasteiger partial charge in [0.05, 0.1) is 24.0 Å². The number of rotatable bonds is 6. The van der Waals surface area contributed by atoms with E-state index in [0.717, 1.165) is 37.1 Å². The number of hydrogen-bond acceptors (Lipinski definition) is 5. The number of ether oxygens (including phenoxy) is 1. The normalized spacial score (nSPS) is 15.3. The predicted octanol–water partition coefficient (Wildman–Crippen LogP) is 3.10. The minimum atomic E-state index is 0.0512. The van der Waals surface area contributed by atoms with Crippen LogP contribution in [-0.2, 0) is 22.6 Å². The van der Waals surface area contributed by atoms with E-state index in [9.17, 15) is 9.59 Å². The minimum Gasteiger partial charge on any atom is -0.373 e. The highest BCUT2D eigenvalue weighted by molar-refractivity contribution is 7.12. The molecule has 0 atom stereocenters. The molecule has 3 rings (SSSR count). The van der Waals surface area contributed by atoms with E-state index < -0.39 is 0 Å². The molecule has 0 aliphatic carbocycles. The molecule has 3 heterocycles. The molecule has 0 saturated carbocycles. The quantitative estimate of drug-likeness (QED) is 0.745. The molecule has 6 heteroatoms. The number of pyridine rings is 1. The molecule has 25 heavy (non-hydrogen) atoms. The Kier molecular flexibility index (Phi) is 5.94. The first-order valence-electron chi connectivity index (χ1n) is 8.48. The Morgan fingerprint density at radius 2 is 2.12 bits per heavy atom. The molecule has 2 aromatic rings. The molecule has 5 nitrogen and oxygen atoms in total. The third kappa shape index (κ3) is 4.96. The van der Waals surface area contributed by atoms with E-state index in [2.05, 4.69) is 4.98 Å². The Bertz CT molecular complexity index is 721. The van der Waals surface area contributed by atoms with Crippen LogP contribution in [0.4, 0.5) is 0 Å². The molecule has 1 aliphatic rings. The van der Waals surface area contributed by atoms with Crippen molar-refractivity contribution < 1.29 is 14.3 Å². The summed E-state index contributed by atoms with van der Waals surface area (Å²) in [6, 6.07) is 5.73. The molecule has 2 aromatic heterocycles. The summed E-state index contributed by atoms with van der Waals surface area (Å²) in [5.41, 5.74) is 2.00. The average Bonchev–Trinajstić information content (AvgIpc) is 3.10. The zero-order valence-corrected chi connectivity index (χ0v) is 15.1. The summed E-state index contributed by atoms with van der Waals surface area (Å²) >= 11 is 1.41. The lowest BCUT2D eigenvalue weighted by molar-refractivity contribution is -0.133. The number of nitrogens with zero attached hydrogens (tertiary/aromatic N) is 2. The van der Waals surface area contributed by atoms with Crippen molar-refractivity contribution >= 4 is 23.0 Å². The Balaban J connectivity index is 1.43. The topological polar surface area (TPSA) is 59.5 Å². The van der Waals surface area contributed by atoms with E-state index in [0.29, 0.717) is 17.9 Å². The Morgan fingerprint density at radius 1 is 1.32 bits per heavy atom. The van der Waals surface area contributed by atoms with Gasteiger partial charge in [0.25, 0.3) is 0 Å². The van der Waals surface area contributed by atoms with Crippen molar-refractivity contribution in [3.63, 3.8) is 0 Å². The van der Waals surface area contributed by atoms with Gasteiger partial charge in [-0.25, -0.2) is 0 Å². The molecule has 0 radical (unpaired) electrons. The van der Waals surface area contributed by atoms with Crippen LogP contribution in [0.3, 0.4) is 0 Å². The van der Waals surface area contributed by atoms with Gasteiger partial charge in [-0.3, -0.25) is 14.6 Å². The molecule has 0 unspecified atom stereocenters. The van der Waals surface area contributed by atoms with Crippen molar-refractivity contribution in [2.45, 2.75) is 38.9 Å². The van der Waals surface area contributed by atoms with Crippen molar-refractivity contribution in [3.05, 3.63) is 52.0 Å². The maximum atomic E-state index is 12.4. The molecule has 1 amide bonds. The van der Waals surface area contributed by atoms with Crippen LogP contribution in [0.25, 0.3) is 0 Å². The summed E-state index contributed by atoms with van der Waals surface area (Å²) < 4.78 is 5.93. The van der Waals surface area contributed by atoms with Gasteiger partial charge in [0, 0.05) is 25.5 Å². The molecule has 1 aliphatic heterocycles. The number of carbonyl (C=O) groups is 2. The largest absolute Gasteiger partial charge is 0.373 e. The molecule has 0 N–H and O–H groups in total. The van der Waals surface area contributed by atoms with E-state index >= 15 is 0 Å². The molecule has 0 spiro atoms. The van der Waals surface area contributed by atoms with Gasteiger partial charge in [-0.15, -0.1) is 11.3 Å². The van der Waals surface area contributed by atoms with Crippen LogP contribution in [0, 0.1) is 0 Å². The van der Waals surface area contributed by atoms with Crippen LogP contribution in [0.5, 0.6) is 0 Å². The highest BCUT2D eigenvalue weighted by Gasteiger charge is 2.23. The van der Waals surface area contributed by atoms with Gasteiger partial charge < -0.3 is 9.64 Å². The Hall–Kier alpha value is -2.05. The summed E-state index contributed by atoms with van der Waals surface area (Å²) in [6.07, 6.45) is 5.83. The second-order valence-corrected chi connectivity index (χ2v) is 7.22. The summed E-state index contributed by atoms with van der Waals surface area (Å²) in [5, 5.41) is 1.90. The SMILES string of the molecule is CC(=O)c1cc(CC(=O)N2CCC(OCc3cccnc3)CC2)cs1. The minimum absolute atomic E-state index is 0.0512. The molecular formula is C19H22N2O3S. The number of amides is 1. The van der Waals surface area contributed by atoms with Crippen molar-refractivity contribution in [1.82, 2.24) is 9.88 Å². The summed E-state index contributed by atoms with van der Waals surface area (Å²) in [6.45, 7) is 3.56. The monoisotopic (exact) mass is 358 g/mol. The summed E-state index contributed by atoms with van der Waals surface area (Å²) in [4.78, 5) is 30.5. The highest BCUT2D eigenvalue weighted by Crippen LogP contribution is 2.19. The number of thiophene rings is 1. The van der Waals surface area contributed by atoms with Gasteiger partial charge >= 0.3 is 0 Å².